The molecule has 0 aliphatic heterocycles. The highest BCUT2D eigenvalue weighted by Gasteiger charge is 2.19. The van der Waals surface area contributed by atoms with Gasteiger partial charge in [-0.2, -0.15) is 26.3 Å². The van der Waals surface area contributed by atoms with Gasteiger partial charge in [-0.25, -0.2) is 4.98 Å². The molecule has 0 atom stereocenters. The predicted molar refractivity (Wildman–Crippen MR) is 156 cm³/mol. The van der Waals surface area contributed by atoms with Gasteiger partial charge in [0.25, 0.3) is 0 Å². The van der Waals surface area contributed by atoms with E-state index in [1.54, 1.807) is 60.8 Å². The molecular formula is C34H14N8. The summed E-state index contributed by atoms with van der Waals surface area (Å²) in [5.74, 6) is 0.504. The van der Waals surface area contributed by atoms with Gasteiger partial charge in [0.15, 0.2) is 0 Å². The molecule has 0 N–H and O–H groups in total. The molecule has 7 rings (SSSR count). The van der Waals surface area contributed by atoms with E-state index in [9.17, 15) is 26.3 Å². The second kappa shape index (κ2) is 9.08. The Morgan fingerprint density at radius 2 is 0.833 bits per heavy atom. The zero-order valence-electron chi connectivity index (χ0n) is 21.7. The number of rotatable bonds is 2. The smallest absolute Gasteiger partial charge is 0.139 e. The average molecular weight is 535 g/mol. The maximum atomic E-state index is 10.4. The number of benzene rings is 4. The van der Waals surface area contributed by atoms with Crippen LogP contribution in [0.15, 0.2) is 85.1 Å². The van der Waals surface area contributed by atoms with Crippen molar-refractivity contribution in [3.63, 3.8) is 0 Å². The lowest BCUT2D eigenvalue weighted by molar-refractivity contribution is 1.05. The molecule has 0 bridgehead atoms. The Bertz CT molecular complexity index is 2390. The van der Waals surface area contributed by atoms with Crippen LogP contribution in [0.5, 0.6) is 0 Å². The van der Waals surface area contributed by atoms with E-state index in [1.807, 2.05) is 33.4 Å². The van der Waals surface area contributed by atoms with E-state index >= 15 is 0 Å². The molecular weight excluding hydrogens is 520 g/mol. The van der Waals surface area contributed by atoms with E-state index in [4.69, 9.17) is 4.98 Å². The Kier molecular flexibility index (Phi) is 5.22. The number of pyridine rings is 1. The first kappa shape index (κ1) is 24.1. The molecule has 0 aliphatic carbocycles. The number of nitriles is 5. The van der Waals surface area contributed by atoms with Gasteiger partial charge in [-0.1, -0.05) is 0 Å². The van der Waals surface area contributed by atoms with Crippen LogP contribution in [-0.2, 0) is 0 Å². The van der Waals surface area contributed by atoms with Gasteiger partial charge in [0.1, 0.15) is 11.9 Å². The fourth-order valence-corrected chi connectivity index (χ4v) is 5.66. The number of aromatic nitrogens is 3. The van der Waals surface area contributed by atoms with Crippen molar-refractivity contribution in [3.8, 4) is 41.9 Å². The molecule has 7 aromatic rings. The van der Waals surface area contributed by atoms with Gasteiger partial charge in [-0.15, -0.1) is 0 Å². The van der Waals surface area contributed by atoms with Crippen LogP contribution in [0.3, 0.4) is 0 Å². The van der Waals surface area contributed by atoms with Gasteiger partial charge in [0, 0.05) is 27.6 Å². The molecule has 0 saturated heterocycles. The Morgan fingerprint density at radius 1 is 0.452 bits per heavy atom. The fraction of sp³-hybridized carbons (Fsp3) is 0. The van der Waals surface area contributed by atoms with Crippen molar-refractivity contribution in [1.82, 2.24) is 14.1 Å². The Labute approximate surface area is 238 Å². The maximum Gasteiger partial charge on any atom is 0.139 e. The first-order chi connectivity index (χ1) is 20.6. The van der Waals surface area contributed by atoms with Crippen molar-refractivity contribution in [1.29, 1.82) is 26.3 Å². The predicted octanol–water partition coefficient (Wildman–Crippen LogP) is 6.63. The average Bonchev–Trinajstić information content (AvgIpc) is 3.55. The second-order valence-electron chi connectivity index (χ2n) is 9.72. The third kappa shape index (κ3) is 3.40. The number of nitrogens with zero attached hydrogens (tertiary/aromatic N) is 8. The molecule has 4 aromatic carbocycles. The molecule has 3 aromatic heterocycles. The third-order valence-corrected chi connectivity index (χ3v) is 7.51. The van der Waals surface area contributed by atoms with Crippen LogP contribution in [0, 0.1) is 56.7 Å². The molecule has 8 nitrogen and oxygen atoms in total. The van der Waals surface area contributed by atoms with E-state index in [-0.39, 0.29) is 0 Å². The van der Waals surface area contributed by atoms with E-state index in [1.165, 1.54) is 0 Å². The standard InChI is InChI=1S/C34H14N8/c35-14-20-1-5-29-25(9-20)26-10-21(15-36)2-6-30(26)41(29)33-19-40-34(13-24(33)18-39)42-31-7-3-22(16-37)11-27(31)28-12-23(17-38)4-8-32(28)42/h1-13,19H. The van der Waals surface area contributed by atoms with E-state index in [0.717, 1.165) is 43.6 Å². The largest absolute Gasteiger partial charge is 0.306 e. The summed E-state index contributed by atoms with van der Waals surface area (Å²) < 4.78 is 3.84. The van der Waals surface area contributed by atoms with Crippen LogP contribution in [-0.4, -0.2) is 14.1 Å². The lowest BCUT2D eigenvalue weighted by atomic mass is 10.1. The van der Waals surface area contributed by atoms with Crippen molar-refractivity contribution in [3.05, 3.63) is 113 Å². The fourth-order valence-electron chi connectivity index (χ4n) is 5.66. The maximum absolute atomic E-state index is 10.4. The van der Waals surface area contributed by atoms with Crippen LogP contribution in [0.25, 0.3) is 55.1 Å². The third-order valence-electron chi connectivity index (χ3n) is 7.51. The summed E-state index contributed by atoms with van der Waals surface area (Å²) in [6.07, 6.45) is 1.65. The van der Waals surface area contributed by atoms with Gasteiger partial charge in [0.2, 0.25) is 0 Å². The molecule has 0 fully saturated rings. The van der Waals surface area contributed by atoms with Crippen LogP contribution >= 0.6 is 0 Å². The number of hydrogen-bond donors (Lipinski definition) is 0. The van der Waals surface area contributed by atoms with Crippen LogP contribution in [0.4, 0.5) is 0 Å². The first-order valence-corrected chi connectivity index (χ1v) is 12.8. The van der Waals surface area contributed by atoms with Gasteiger partial charge in [0.05, 0.1) is 86.0 Å². The van der Waals surface area contributed by atoms with Gasteiger partial charge in [-0.3, -0.25) is 4.57 Å². The summed E-state index contributed by atoms with van der Waals surface area (Å²) in [5, 5.41) is 51.6. The molecule has 0 amide bonds. The Morgan fingerprint density at radius 3 is 1.19 bits per heavy atom. The van der Waals surface area contributed by atoms with Crippen molar-refractivity contribution in [2.24, 2.45) is 0 Å². The summed E-state index contributed by atoms with van der Waals surface area (Å²) in [6.45, 7) is 0. The van der Waals surface area contributed by atoms with E-state index in [2.05, 4.69) is 30.3 Å². The number of hydrogen-bond acceptors (Lipinski definition) is 6. The SMILES string of the molecule is N#Cc1ccc2c(c1)c1cc(C#N)ccc1n2-c1cc(C#N)c(-n2c3ccc(C#N)cc3c3cc(C#N)ccc32)cn1. The summed E-state index contributed by atoms with van der Waals surface area (Å²) in [5.41, 5.74) is 6.00. The van der Waals surface area contributed by atoms with Crippen LogP contribution in [0.1, 0.15) is 27.8 Å². The molecule has 8 heteroatoms. The summed E-state index contributed by atoms with van der Waals surface area (Å²) >= 11 is 0. The molecule has 0 spiro atoms. The summed E-state index contributed by atoms with van der Waals surface area (Å²) in [7, 11) is 0. The van der Waals surface area contributed by atoms with Gasteiger partial charge in [-0.05, 0) is 72.8 Å². The van der Waals surface area contributed by atoms with E-state index < -0.39 is 0 Å². The Hall–Kier alpha value is -6.92. The zero-order valence-corrected chi connectivity index (χ0v) is 21.7. The highest BCUT2D eigenvalue weighted by molar-refractivity contribution is 6.11. The molecule has 190 valence electrons. The van der Waals surface area contributed by atoms with E-state index in [0.29, 0.717) is 39.3 Å². The van der Waals surface area contributed by atoms with Crippen molar-refractivity contribution >= 4 is 43.6 Å². The zero-order chi connectivity index (χ0) is 29.0. The molecule has 42 heavy (non-hydrogen) atoms. The topological polar surface area (TPSA) is 142 Å². The van der Waals surface area contributed by atoms with Gasteiger partial charge < -0.3 is 4.57 Å². The highest BCUT2D eigenvalue weighted by Crippen LogP contribution is 2.36. The lowest BCUT2D eigenvalue weighted by Crippen LogP contribution is -2.03. The quantitative estimate of drug-likeness (QED) is 0.243. The van der Waals surface area contributed by atoms with Crippen molar-refractivity contribution < 1.29 is 0 Å². The minimum absolute atomic E-state index is 0.366. The van der Waals surface area contributed by atoms with Crippen molar-refractivity contribution in [2.45, 2.75) is 0 Å². The first-order valence-electron chi connectivity index (χ1n) is 12.8. The minimum atomic E-state index is 0.366. The second-order valence-corrected chi connectivity index (χ2v) is 9.72. The molecule has 0 radical (unpaired) electrons. The van der Waals surface area contributed by atoms with Gasteiger partial charge >= 0.3 is 0 Å². The summed E-state index contributed by atoms with van der Waals surface area (Å²) in [4.78, 5) is 4.81. The van der Waals surface area contributed by atoms with Crippen LogP contribution < -0.4 is 0 Å². The monoisotopic (exact) mass is 534 g/mol. The normalized spacial score (nSPS) is 10.7. The minimum Gasteiger partial charge on any atom is -0.306 e. The molecule has 0 unspecified atom stereocenters. The highest BCUT2D eigenvalue weighted by atomic mass is 15.1. The Balaban J connectivity index is 1.52. The van der Waals surface area contributed by atoms with Crippen LogP contribution in [0.2, 0.25) is 0 Å². The number of fused-ring (bicyclic) bond motifs is 6. The molecule has 0 saturated carbocycles. The lowest BCUT2D eigenvalue weighted by Gasteiger charge is -2.13. The molecule has 0 aliphatic rings. The molecule has 3 heterocycles. The van der Waals surface area contributed by atoms with Crippen molar-refractivity contribution in [2.75, 3.05) is 0 Å². The summed E-state index contributed by atoms with van der Waals surface area (Å²) in [6, 6.07) is 34.1.